The summed E-state index contributed by atoms with van der Waals surface area (Å²) in [6.07, 6.45) is 3.67. The van der Waals surface area contributed by atoms with Crippen molar-refractivity contribution in [1.82, 2.24) is 10.2 Å². The van der Waals surface area contributed by atoms with Crippen LogP contribution in [-0.4, -0.2) is 50.8 Å². The first-order valence-electron chi connectivity index (χ1n) is 7.98. The van der Waals surface area contributed by atoms with Gasteiger partial charge in [-0.2, -0.15) is 0 Å². The zero-order valence-corrected chi connectivity index (χ0v) is 13.7. The molecule has 0 saturated carbocycles. The van der Waals surface area contributed by atoms with Crippen molar-refractivity contribution in [3.63, 3.8) is 0 Å². The first kappa shape index (κ1) is 16.9. The number of ether oxygens (including phenoxy) is 1. The van der Waals surface area contributed by atoms with Gasteiger partial charge in [-0.3, -0.25) is 0 Å². The summed E-state index contributed by atoms with van der Waals surface area (Å²) in [5, 5.41) is 3.56. The average molecular weight is 270 g/mol. The van der Waals surface area contributed by atoms with E-state index in [9.17, 15) is 0 Å². The van der Waals surface area contributed by atoms with E-state index in [1.165, 1.54) is 25.8 Å². The van der Waals surface area contributed by atoms with Crippen LogP contribution in [0.2, 0.25) is 0 Å². The van der Waals surface area contributed by atoms with Gasteiger partial charge in [-0.25, -0.2) is 0 Å². The van der Waals surface area contributed by atoms with E-state index in [2.05, 4.69) is 45.0 Å². The molecular weight excluding hydrogens is 236 g/mol. The lowest BCUT2D eigenvalue weighted by Crippen LogP contribution is -2.48. The maximum atomic E-state index is 5.57. The van der Waals surface area contributed by atoms with Crippen LogP contribution >= 0.6 is 0 Å². The number of nitrogens with zero attached hydrogens (tertiary/aromatic N) is 1. The topological polar surface area (TPSA) is 24.5 Å². The van der Waals surface area contributed by atoms with Crippen molar-refractivity contribution < 1.29 is 4.74 Å². The highest BCUT2D eigenvalue weighted by atomic mass is 16.5. The third-order valence-electron chi connectivity index (χ3n) is 4.45. The Labute approximate surface area is 120 Å². The molecule has 1 aliphatic rings. The molecule has 1 unspecified atom stereocenters. The van der Waals surface area contributed by atoms with Gasteiger partial charge in [0.2, 0.25) is 0 Å². The molecule has 0 amide bonds. The molecule has 0 aromatic carbocycles. The molecule has 0 aromatic heterocycles. The quantitative estimate of drug-likeness (QED) is 0.734. The molecule has 1 saturated heterocycles. The summed E-state index contributed by atoms with van der Waals surface area (Å²) >= 11 is 0. The zero-order valence-electron chi connectivity index (χ0n) is 13.7. The van der Waals surface area contributed by atoms with Crippen molar-refractivity contribution in [3.8, 4) is 0 Å². The SMILES string of the molecule is CCNCC1(CN(C)C(C)CC(C)C)CCOCC1. The average Bonchev–Trinajstić information content (AvgIpc) is 2.36. The van der Waals surface area contributed by atoms with Gasteiger partial charge >= 0.3 is 0 Å². The van der Waals surface area contributed by atoms with E-state index in [1.807, 2.05) is 0 Å². The van der Waals surface area contributed by atoms with Crippen LogP contribution in [0.5, 0.6) is 0 Å². The van der Waals surface area contributed by atoms with Crippen LogP contribution in [0.3, 0.4) is 0 Å². The van der Waals surface area contributed by atoms with E-state index in [0.717, 1.165) is 32.2 Å². The second-order valence-electron chi connectivity index (χ2n) is 6.79. The van der Waals surface area contributed by atoms with Crippen molar-refractivity contribution in [2.24, 2.45) is 11.3 Å². The molecule has 1 N–H and O–H groups in total. The molecular formula is C16H34N2O. The van der Waals surface area contributed by atoms with Gasteiger partial charge in [0.15, 0.2) is 0 Å². The van der Waals surface area contributed by atoms with Crippen LogP contribution < -0.4 is 5.32 Å². The molecule has 0 bridgehead atoms. The van der Waals surface area contributed by atoms with Crippen molar-refractivity contribution in [3.05, 3.63) is 0 Å². The third-order valence-corrected chi connectivity index (χ3v) is 4.45. The lowest BCUT2D eigenvalue weighted by Gasteiger charge is -2.42. The van der Waals surface area contributed by atoms with Gasteiger partial charge in [0.25, 0.3) is 0 Å². The Hall–Kier alpha value is -0.120. The van der Waals surface area contributed by atoms with Gasteiger partial charge in [0.1, 0.15) is 0 Å². The van der Waals surface area contributed by atoms with Crippen LogP contribution in [0.4, 0.5) is 0 Å². The highest BCUT2D eigenvalue weighted by molar-refractivity contribution is 4.87. The Kier molecular flexibility index (Phi) is 7.33. The molecule has 114 valence electrons. The maximum Gasteiger partial charge on any atom is 0.0472 e. The van der Waals surface area contributed by atoms with E-state index in [4.69, 9.17) is 4.74 Å². The van der Waals surface area contributed by atoms with E-state index in [1.54, 1.807) is 0 Å². The molecule has 0 aromatic rings. The third kappa shape index (κ3) is 5.80. The first-order valence-corrected chi connectivity index (χ1v) is 7.98. The Balaban J connectivity index is 2.55. The minimum atomic E-state index is 0.411. The monoisotopic (exact) mass is 270 g/mol. The highest BCUT2D eigenvalue weighted by Gasteiger charge is 2.34. The van der Waals surface area contributed by atoms with Gasteiger partial charge in [0, 0.05) is 32.3 Å². The van der Waals surface area contributed by atoms with Gasteiger partial charge in [-0.1, -0.05) is 20.8 Å². The molecule has 0 spiro atoms. The summed E-state index contributed by atoms with van der Waals surface area (Å²) in [4.78, 5) is 2.56. The Bertz CT molecular complexity index is 237. The standard InChI is InChI=1S/C16H34N2O/c1-6-17-12-16(7-9-19-10-8-16)13-18(5)15(4)11-14(2)3/h14-15,17H,6-13H2,1-5H3. The van der Waals surface area contributed by atoms with Gasteiger partial charge in [-0.15, -0.1) is 0 Å². The molecule has 19 heavy (non-hydrogen) atoms. The van der Waals surface area contributed by atoms with E-state index >= 15 is 0 Å². The van der Waals surface area contributed by atoms with E-state index < -0.39 is 0 Å². The molecule has 1 rings (SSSR count). The lowest BCUT2D eigenvalue weighted by molar-refractivity contribution is -0.00657. The first-order chi connectivity index (χ1) is 8.99. The second kappa shape index (κ2) is 8.23. The van der Waals surface area contributed by atoms with Gasteiger partial charge < -0.3 is 15.0 Å². The van der Waals surface area contributed by atoms with E-state index in [-0.39, 0.29) is 0 Å². The van der Waals surface area contributed by atoms with Crippen LogP contribution in [-0.2, 0) is 4.74 Å². The van der Waals surface area contributed by atoms with Crippen molar-refractivity contribution in [2.75, 3.05) is 39.9 Å². The molecule has 0 radical (unpaired) electrons. The Morgan fingerprint density at radius 2 is 1.84 bits per heavy atom. The summed E-state index contributed by atoms with van der Waals surface area (Å²) in [6.45, 7) is 14.4. The fourth-order valence-corrected chi connectivity index (χ4v) is 3.13. The normalized spacial score (nSPS) is 21.0. The Morgan fingerprint density at radius 3 is 2.37 bits per heavy atom. The molecule has 3 nitrogen and oxygen atoms in total. The summed E-state index contributed by atoms with van der Waals surface area (Å²) in [7, 11) is 2.29. The van der Waals surface area contributed by atoms with Crippen molar-refractivity contribution in [2.45, 2.75) is 53.0 Å². The van der Waals surface area contributed by atoms with Crippen molar-refractivity contribution >= 4 is 0 Å². The largest absolute Gasteiger partial charge is 0.381 e. The van der Waals surface area contributed by atoms with Gasteiger partial charge in [-0.05, 0) is 51.1 Å². The Morgan fingerprint density at radius 1 is 1.21 bits per heavy atom. The lowest BCUT2D eigenvalue weighted by atomic mass is 9.79. The molecule has 0 aliphatic carbocycles. The number of hydrogen-bond acceptors (Lipinski definition) is 3. The fraction of sp³-hybridized carbons (Fsp3) is 1.00. The summed E-state index contributed by atoms with van der Waals surface area (Å²) in [5.74, 6) is 0.775. The molecule has 1 heterocycles. The smallest absolute Gasteiger partial charge is 0.0472 e. The molecule has 3 heteroatoms. The minimum Gasteiger partial charge on any atom is -0.381 e. The van der Waals surface area contributed by atoms with Gasteiger partial charge in [0.05, 0.1) is 0 Å². The summed E-state index contributed by atoms with van der Waals surface area (Å²) in [5.41, 5.74) is 0.411. The van der Waals surface area contributed by atoms with E-state index in [0.29, 0.717) is 11.5 Å². The summed E-state index contributed by atoms with van der Waals surface area (Å²) < 4.78 is 5.57. The number of rotatable bonds is 8. The number of hydrogen-bond donors (Lipinski definition) is 1. The zero-order chi connectivity index (χ0) is 14.3. The van der Waals surface area contributed by atoms with Crippen LogP contribution in [0.25, 0.3) is 0 Å². The molecule has 1 atom stereocenters. The summed E-state index contributed by atoms with van der Waals surface area (Å²) in [6, 6.07) is 0.668. The molecule has 1 aliphatic heterocycles. The van der Waals surface area contributed by atoms with Crippen LogP contribution in [0.1, 0.15) is 47.0 Å². The second-order valence-corrected chi connectivity index (χ2v) is 6.79. The fourth-order valence-electron chi connectivity index (χ4n) is 3.13. The highest BCUT2D eigenvalue weighted by Crippen LogP contribution is 2.31. The van der Waals surface area contributed by atoms with Crippen LogP contribution in [0.15, 0.2) is 0 Å². The predicted octanol–water partition coefficient (Wildman–Crippen LogP) is 2.76. The number of nitrogens with one attached hydrogen (secondary N) is 1. The molecule has 1 fully saturated rings. The minimum absolute atomic E-state index is 0.411. The van der Waals surface area contributed by atoms with Crippen molar-refractivity contribution in [1.29, 1.82) is 0 Å². The maximum absolute atomic E-state index is 5.57. The predicted molar refractivity (Wildman–Crippen MR) is 82.6 cm³/mol. The van der Waals surface area contributed by atoms with Crippen LogP contribution in [0, 0.1) is 11.3 Å².